The van der Waals surface area contributed by atoms with Gasteiger partial charge in [-0.25, -0.2) is 15.0 Å². The third kappa shape index (κ3) is 4.30. The van der Waals surface area contributed by atoms with Crippen molar-refractivity contribution in [3.05, 3.63) is 65.5 Å². The maximum Gasteiger partial charge on any atom is 0.416 e. The van der Waals surface area contributed by atoms with E-state index in [4.69, 9.17) is 6.42 Å². The maximum absolute atomic E-state index is 13.2. The molecule has 3 rings (SSSR count). The number of nitrogens with zero attached hydrogens (tertiary/aromatic N) is 6. The fraction of sp³-hybridized carbons (Fsp3) is 0.250. The van der Waals surface area contributed by atoms with Crippen molar-refractivity contribution in [1.82, 2.24) is 29.6 Å². The van der Waals surface area contributed by atoms with E-state index < -0.39 is 23.7 Å². The Morgan fingerprint density at radius 3 is 2.57 bits per heavy atom. The highest BCUT2D eigenvalue weighted by atomic mass is 19.4. The highest BCUT2D eigenvalue weighted by Crippen LogP contribution is 2.31. The Kier molecular flexibility index (Phi) is 5.82. The van der Waals surface area contributed by atoms with Crippen LogP contribution in [0.3, 0.4) is 0 Å². The molecule has 0 saturated heterocycles. The van der Waals surface area contributed by atoms with Gasteiger partial charge in [0.05, 0.1) is 18.2 Å². The minimum absolute atomic E-state index is 0.119. The monoisotopic (exact) mass is 414 g/mol. The normalized spacial score (nSPS) is 12.3. The summed E-state index contributed by atoms with van der Waals surface area (Å²) in [5.74, 6) is 2.27. The van der Waals surface area contributed by atoms with E-state index >= 15 is 0 Å². The zero-order valence-corrected chi connectivity index (χ0v) is 16.1. The lowest BCUT2D eigenvalue weighted by Gasteiger charge is -2.27. The third-order valence-corrected chi connectivity index (χ3v) is 4.33. The minimum atomic E-state index is -4.57. The molecule has 0 N–H and O–H groups in total. The van der Waals surface area contributed by atoms with E-state index in [1.165, 1.54) is 41.3 Å². The van der Waals surface area contributed by atoms with Gasteiger partial charge in [-0.05, 0) is 43.7 Å². The number of rotatable bonds is 5. The van der Waals surface area contributed by atoms with Gasteiger partial charge in [0.25, 0.3) is 11.9 Å². The topological polar surface area (TPSA) is 76.8 Å². The van der Waals surface area contributed by atoms with Gasteiger partial charge < -0.3 is 4.90 Å². The van der Waals surface area contributed by atoms with E-state index in [0.29, 0.717) is 11.4 Å². The molecule has 0 bridgehead atoms. The molecule has 2 aromatic heterocycles. The number of hydrogen-bond acceptors (Lipinski definition) is 5. The molecule has 1 atom stereocenters. The highest BCUT2D eigenvalue weighted by molar-refractivity contribution is 5.95. The van der Waals surface area contributed by atoms with Crippen molar-refractivity contribution < 1.29 is 18.0 Å². The van der Waals surface area contributed by atoms with Gasteiger partial charge in [-0.3, -0.25) is 4.79 Å². The summed E-state index contributed by atoms with van der Waals surface area (Å²) in [6.07, 6.45) is 5.17. The molecule has 1 aromatic carbocycles. The second-order valence-electron chi connectivity index (χ2n) is 6.48. The Morgan fingerprint density at radius 2 is 1.93 bits per heavy atom. The number of aromatic nitrogens is 5. The van der Waals surface area contributed by atoms with Gasteiger partial charge in [0, 0.05) is 18.0 Å². The van der Waals surface area contributed by atoms with E-state index in [0.717, 1.165) is 12.1 Å². The number of amides is 1. The molecule has 0 aliphatic heterocycles. The number of hydrogen-bond donors (Lipinski definition) is 0. The third-order valence-electron chi connectivity index (χ3n) is 4.33. The van der Waals surface area contributed by atoms with Crippen LogP contribution in [0, 0.1) is 19.3 Å². The van der Waals surface area contributed by atoms with Crippen LogP contribution in [0.2, 0.25) is 0 Å². The lowest BCUT2D eigenvalue weighted by atomic mass is 10.0. The van der Waals surface area contributed by atoms with Crippen LogP contribution < -0.4 is 0 Å². The molecular formula is C20H17F3N6O. The molecule has 0 aliphatic carbocycles. The van der Waals surface area contributed by atoms with E-state index in [1.807, 2.05) is 0 Å². The van der Waals surface area contributed by atoms with Crippen molar-refractivity contribution >= 4 is 5.91 Å². The molecule has 0 aliphatic rings. The average molecular weight is 414 g/mol. The summed E-state index contributed by atoms with van der Waals surface area (Å²) in [4.78, 5) is 26.8. The summed E-state index contributed by atoms with van der Waals surface area (Å²) in [5, 5.41) is 4.08. The van der Waals surface area contributed by atoms with Crippen molar-refractivity contribution in [2.75, 3.05) is 6.54 Å². The molecule has 154 valence electrons. The van der Waals surface area contributed by atoms with E-state index in [2.05, 4.69) is 26.0 Å². The van der Waals surface area contributed by atoms with Crippen LogP contribution in [0.25, 0.3) is 5.95 Å². The predicted octanol–water partition coefficient (Wildman–Crippen LogP) is 3.22. The summed E-state index contributed by atoms with van der Waals surface area (Å²) in [6.45, 7) is 3.00. The van der Waals surface area contributed by atoms with Crippen LogP contribution in [0.15, 0.2) is 43.0 Å². The van der Waals surface area contributed by atoms with Crippen LogP contribution in [-0.2, 0) is 6.18 Å². The minimum Gasteiger partial charge on any atom is -0.318 e. The molecule has 1 amide bonds. The zero-order chi connectivity index (χ0) is 21.9. The molecule has 1 unspecified atom stereocenters. The summed E-state index contributed by atoms with van der Waals surface area (Å²) in [7, 11) is 0. The largest absolute Gasteiger partial charge is 0.416 e. The molecule has 10 heteroatoms. The Balaban J connectivity index is 2.00. The first-order valence-electron chi connectivity index (χ1n) is 8.83. The van der Waals surface area contributed by atoms with E-state index in [1.54, 1.807) is 13.0 Å². The fourth-order valence-corrected chi connectivity index (χ4v) is 2.95. The van der Waals surface area contributed by atoms with Crippen LogP contribution >= 0.6 is 0 Å². The second kappa shape index (κ2) is 8.32. The Morgan fingerprint density at radius 1 is 1.23 bits per heavy atom. The molecular weight excluding hydrogens is 397 g/mol. The summed E-state index contributed by atoms with van der Waals surface area (Å²) < 4.78 is 40.9. The van der Waals surface area contributed by atoms with E-state index in [-0.39, 0.29) is 18.1 Å². The number of carbonyl (C=O) groups is 1. The Hall–Kier alpha value is -3.74. The van der Waals surface area contributed by atoms with Crippen LogP contribution in [0.5, 0.6) is 0 Å². The molecule has 0 radical (unpaired) electrons. The first kappa shape index (κ1) is 21.0. The van der Waals surface area contributed by atoms with Crippen LogP contribution in [0.4, 0.5) is 13.2 Å². The highest BCUT2D eigenvalue weighted by Gasteiger charge is 2.33. The van der Waals surface area contributed by atoms with Gasteiger partial charge in [-0.1, -0.05) is 5.92 Å². The number of alkyl halides is 3. The quantitative estimate of drug-likeness (QED) is 0.599. The second-order valence-corrected chi connectivity index (χ2v) is 6.48. The number of halogens is 3. The Bertz CT molecular complexity index is 1090. The van der Waals surface area contributed by atoms with Gasteiger partial charge in [0.15, 0.2) is 5.82 Å². The zero-order valence-electron chi connectivity index (χ0n) is 16.1. The van der Waals surface area contributed by atoms with Crippen molar-refractivity contribution in [1.29, 1.82) is 0 Å². The van der Waals surface area contributed by atoms with Crippen LogP contribution in [-0.4, -0.2) is 42.1 Å². The number of benzene rings is 1. The smallest absolute Gasteiger partial charge is 0.318 e. The first-order valence-corrected chi connectivity index (χ1v) is 8.83. The SMILES string of the molecule is C#CCN(C(=O)c1cc(C)cc(C(F)(F)F)c1)C(C)c1ncnn1-c1ncccn1. The lowest BCUT2D eigenvalue weighted by molar-refractivity contribution is -0.137. The van der Waals surface area contributed by atoms with Gasteiger partial charge in [-0.2, -0.15) is 23.0 Å². The number of aryl methyl sites for hydroxylation is 1. The van der Waals surface area contributed by atoms with Gasteiger partial charge >= 0.3 is 6.18 Å². The van der Waals surface area contributed by atoms with E-state index in [9.17, 15) is 18.0 Å². The maximum atomic E-state index is 13.2. The Labute approximate surface area is 170 Å². The van der Waals surface area contributed by atoms with Crippen LogP contribution in [0.1, 0.15) is 40.3 Å². The van der Waals surface area contributed by atoms with Crippen molar-refractivity contribution in [2.24, 2.45) is 0 Å². The average Bonchev–Trinajstić information content (AvgIpc) is 3.20. The van der Waals surface area contributed by atoms with Gasteiger partial charge in [0.2, 0.25) is 0 Å². The summed E-state index contributed by atoms with van der Waals surface area (Å²) in [6, 6.07) is 4.10. The molecule has 7 nitrogen and oxygen atoms in total. The first-order chi connectivity index (χ1) is 14.2. The fourth-order valence-electron chi connectivity index (χ4n) is 2.95. The number of carbonyl (C=O) groups excluding carboxylic acids is 1. The van der Waals surface area contributed by atoms with Gasteiger partial charge in [-0.15, -0.1) is 6.42 Å². The van der Waals surface area contributed by atoms with Crippen molar-refractivity contribution in [2.45, 2.75) is 26.1 Å². The number of terminal acetylenes is 1. The molecule has 0 spiro atoms. The van der Waals surface area contributed by atoms with Gasteiger partial charge in [0.1, 0.15) is 6.33 Å². The standard InChI is InChI=1S/C20H17F3N6O/c1-4-8-28(18(30)15-9-13(2)10-16(11-15)20(21,22)23)14(3)17-26-12-27-29(17)19-24-6-5-7-25-19/h1,5-7,9-12,14H,8H2,2-3H3. The molecule has 3 aromatic rings. The summed E-state index contributed by atoms with van der Waals surface area (Å²) in [5.41, 5.74) is -0.714. The summed E-state index contributed by atoms with van der Waals surface area (Å²) >= 11 is 0. The molecule has 30 heavy (non-hydrogen) atoms. The molecule has 0 fully saturated rings. The molecule has 2 heterocycles. The van der Waals surface area contributed by atoms with Crippen molar-refractivity contribution in [3.63, 3.8) is 0 Å². The predicted molar refractivity (Wildman–Crippen MR) is 101 cm³/mol. The van der Waals surface area contributed by atoms with Crippen molar-refractivity contribution in [3.8, 4) is 18.3 Å². The molecule has 0 saturated carbocycles. The lowest BCUT2D eigenvalue weighted by Crippen LogP contribution is -2.35.